The normalized spacial score (nSPS) is 22.0. The second kappa shape index (κ2) is 7.40. The first-order chi connectivity index (χ1) is 12.7. The van der Waals surface area contributed by atoms with Crippen LogP contribution in [0.15, 0.2) is 39.8 Å². The Morgan fingerprint density at radius 3 is 2.77 bits per heavy atom. The number of benzene rings is 1. The van der Waals surface area contributed by atoms with Gasteiger partial charge in [-0.2, -0.15) is 4.98 Å². The lowest BCUT2D eigenvalue weighted by Gasteiger charge is -2.36. The zero-order valence-electron chi connectivity index (χ0n) is 14.9. The van der Waals surface area contributed by atoms with Gasteiger partial charge >= 0.3 is 0 Å². The molecule has 3 heterocycles. The molecule has 1 aromatic carbocycles. The molecular weight excluding hydrogens is 350 g/mol. The number of aryl methyl sites for hydroxylation is 1. The molecular formula is C19H23N3O3S. The molecule has 0 N–H and O–H groups in total. The number of ether oxygens (including phenoxy) is 1. The highest BCUT2D eigenvalue weighted by Crippen LogP contribution is 2.49. The van der Waals surface area contributed by atoms with E-state index in [9.17, 15) is 4.79 Å². The number of rotatable bonds is 4. The highest BCUT2D eigenvalue weighted by atomic mass is 32.2. The van der Waals surface area contributed by atoms with Crippen molar-refractivity contribution < 1.29 is 14.1 Å². The van der Waals surface area contributed by atoms with Gasteiger partial charge in [-0.05, 0) is 31.9 Å². The van der Waals surface area contributed by atoms with E-state index < -0.39 is 0 Å². The third kappa shape index (κ3) is 3.50. The Morgan fingerprint density at radius 1 is 1.31 bits per heavy atom. The van der Waals surface area contributed by atoms with Crippen molar-refractivity contribution in [1.29, 1.82) is 0 Å². The molecule has 2 saturated heterocycles. The number of carbonyl (C=O) groups is 1. The van der Waals surface area contributed by atoms with Crippen molar-refractivity contribution in [3.05, 3.63) is 42.0 Å². The Morgan fingerprint density at radius 2 is 2.08 bits per heavy atom. The van der Waals surface area contributed by atoms with Gasteiger partial charge in [0.05, 0.1) is 11.7 Å². The Balaban J connectivity index is 1.48. The van der Waals surface area contributed by atoms with Crippen LogP contribution in [0, 0.1) is 12.3 Å². The van der Waals surface area contributed by atoms with Gasteiger partial charge in [-0.3, -0.25) is 4.79 Å². The summed E-state index contributed by atoms with van der Waals surface area (Å²) < 4.78 is 11.1. The standard InChI is InChI=1S/C19H23N3O3S/c1-14-20-18(25-21-14)16-11-22(13-19(16)7-9-24-10-8-19)17(23)12-26-15-5-3-2-4-6-15/h2-6,16H,7-13H2,1H3. The Kier molecular flexibility index (Phi) is 5.00. The summed E-state index contributed by atoms with van der Waals surface area (Å²) in [6.45, 7) is 4.68. The van der Waals surface area contributed by atoms with Crippen molar-refractivity contribution >= 4 is 17.7 Å². The first-order valence-electron chi connectivity index (χ1n) is 9.00. The molecule has 6 nitrogen and oxygen atoms in total. The Labute approximate surface area is 157 Å². The van der Waals surface area contributed by atoms with Crippen molar-refractivity contribution in [3.8, 4) is 0 Å². The number of thioether (sulfide) groups is 1. The van der Waals surface area contributed by atoms with Gasteiger partial charge in [0.2, 0.25) is 11.8 Å². The minimum absolute atomic E-state index is 0.00963. The van der Waals surface area contributed by atoms with E-state index in [4.69, 9.17) is 9.26 Å². The van der Waals surface area contributed by atoms with Gasteiger partial charge in [0, 0.05) is 36.6 Å². The average molecular weight is 373 g/mol. The van der Waals surface area contributed by atoms with Crippen molar-refractivity contribution in [2.45, 2.75) is 30.6 Å². The highest BCUT2D eigenvalue weighted by Gasteiger charge is 2.51. The van der Waals surface area contributed by atoms with Crippen LogP contribution in [0.1, 0.15) is 30.5 Å². The largest absolute Gasteiger partial charge is 0.381 e. The summed E-state index contributed by atoms with van der Waals surface area (Å²) in [6.07, 6.45) is 1.85. The van der Waals surface area contributed by atoms with Crippen molar-refractivity contribution in [3.63, 3.8) is 0 Å². The van der Waals surface area contributed by atoms with E-state index in [-0.39, 0.29) is 17.2 Å². The first kappa shape index (κ1) is 17.5. The SMILES string of the molecule is Cc1noc(C2CN(C(=O)CSc3ccccc3)CC23CCOCC3)n1. The summed E-state index contributed by atoms with van der Waals surface area (Å²) in [4.78, 5) is 20.4. The van der Waals surface area contributed by atoms with Crippen molar-refractivity contribution in [2.75, 3.05) is 32.1 Å². The maximum Gasteiger partial charge on any atom is 0.232 e. The van der Waals surface area contributed by atoms with E-state index in [1.165, 1.54) is 0 Å². The van der Waals surface area contributed by atoms with Gasteiger partial charge in [0.1, 0.15) is 0 Å². The van der Waals surface area contributed by atoms with E-state index in [1.807, 2.05) is 42.2 Å². The molecule has 2 fully saturated rings. The molecule has 0 aliphatic carbocycles. The van der Waals surface area contributed by atoms with E-state index in [0.717, 1.165) is 37.5 Å². The van der Waals surface area contributed by atoms with Crippen LogP contribution in [0.3, 0.4) is 0 Å². The molecule has 4 rings (SSSR count). The lowest BCUT2D eigenvalue weighted by molar-refractivity contribution is -0.128. The van der Waals surface area contributed by atoms with Gasteiger partial charge < -0.3 is 14.2 Å². The fourth-order valence-corrected chi connectivity index (χ4v) is 4.81. The number of likely N-dealkylation sites (tertiary alicyclic amines) is 1. The molecule has 1 aromatic heterocycles. The minimum Gasteiger partial charge on any atom is -0.381 e. The second-order valence-corrected chi connectivity index (χ2v) is 8.13. The maximum atomic E-state index is 12.8. The number of nitrogens with zero attached hydrogens (tertiary/aromatic N) is 3. The lowest BCUT2D eigenvalue weighted by Crippen LogP contribution is -2.37. The molecule has 2 aromatic rings. The summed E-state index contributed by atoms with van der Waals surface area (Å²) in [7, 11) is 0. The van der Waals surface area contributed by atoms with E-state index in [1.54, 1.807) is 11.8 Å². The van der Waals surface area contributed by atoms with Gasteiger partial charge in [0.25, 0.3) is 0 Å². The van der Waals surface area contributed by atoms with Crippen LogP contribution in [0.2, 0.25) is 0 Å². The average Bonchev–Trinajstić information content (AvgIpc) is 3.25. The molecule has 2 aliphatic rings. The zero-order valence-corrected chi connectivity index (χ0v) is 15.7. The summed E-state index contributed by atoms with van der Waals surface area (Å²) in [5, 5.41) is 3.96. The van der Waals surface area contributed by atoms with Crippen LogP contribution < -0.4 is 0 Å². The lowest BCUT2D eigenvalue weighted by atomic mass is 9.72. The number of carbonyl (C=O) groups excluding carboxylic acids is 1. The number of hydrogen-bond donors (Lipinski definition) is 0. The molecule has 26 heavy (non-hydrogen) atoms. The molecule has 0 bridgehead atoms. The minimum atomic E-state index is -0.00963. The predicted octanol–water partition coefficient (Wildman–Crippen LogP) is 2.89. The molecule has 1 spiro atoms. The van der Waals surface area contributed by atoms with Gasteiger partial charge in [-0.1, -0.05) is 23.4 Å². The number of amides is 1. The van der Waals surface area contributed by atoms with Gasteiger partial charge in [0.15, 0.2) is 5.82 Å². The number of hydrogen-bond acceptors (Lipinski definition) is 6. The Hall–Kier alpha value is -1.86. The monoisotopic (exact) mass is 373 g/mol. The first-order valence-corrected chi connectivity index (χ1v) is 9.98. The molecule has 1 atom stereocenters. The smallest absolute Gasteiger partial charge is 0.232 e. The van der Waals surface area contributed by atoms with Crippen LogP contribution in [0.25, 0.3) is 0 Å². The third-order valence-corrected chi connectivity index (χ3v) is 6.43. The summed E-state index contributed by atoms with van der Waals surface area (Å²) in [5.74, 6) is 2.02. The molecule has 2 aliphatic heterocycles. The van der Waals surface area contributed by atoms with Crippen LogP contribution in [-0.2, 0) is 9.53 Å². The molecule has 138 valence electrons. The fourth-order valence-electron chi connectivity index (χ4n) is 3.99. The molecule has 7 heteroatoms. The zero-order chi connectivity index (χ0) is 18.0. The van der Waals surface area contributed by atoms with Gasteiger partial charge in [-0.15, -0.1) is 11.8 Å². The summed E-state index contributed by atoms with van der Waals surface area (Å²) >= 11 is 1.58. The van der Waals surface area contributed by atoms with E-state index in [0.29, 0.717) is 24.0 Å². The Bertz CT molecular complexity index is 758. The predicted molar refractivity (Wildman–Crippen MR) is 98.0 cm³/mol. The van der Waals surface area contributed by atoms with Crippen LogP contribution in [0.5, 0.6) is 0 Å². The fraction of sp³-hybridized carbons (Fsp3) is 0.526. The van der Waals surface area contributed by atoms with Crippen molar-refractivity contribution in [2.24, 2.45) is 5.41 Å². The maximum absolute atomic E-state index is 12.8. The van der Waals surface area contributed by atoms with Crippen LogP contribution in [-0.4, -0.2) is 53.0 Å². The third-order valence-electron chi connectivity index (χ3n) is 5.44. The van der Waals surface area contributed by atoms with Gasteiger partial charge in [-0.25, -0.2) is 0 Å². The van der Waals surface area contributed by atoms with Crippen LogP contribution in [0.4, 0.5) is 0 Å². The van der Waals surface area contributed by atoms with Crippen LogP contribution >= 0.6 is 11.8 Å². The topological polar surface area (TPSA) is 68.5 Å². The molecule has 1 unspecified atom stereocenters. The molecule has 1 amide bonds. The van der Waals surface area contributed by atoms with E-state index in [2.05, 4.69) is 10.1 Å². The highest BCUT2D eigenvalue weighted by molar-refractivity contribution is 8.00. The molecule has 0 saturated carbocycles. The van der Waals surface area contributed by atoms with Crippen molar-refractivity contribution in [1.82, 2.24) is 15.0 Å². The summed E-state index contributed by atoms with van der Waals surface area (Å²) in [5.41, 5.74) is -0.00963. The number of aromatic nitrogens is 2. The van der Waals surface area contributed by atoms with E-state index >= 15 is 0 Å². The quantitative estimate of drug-likeness (QED) is 0.768. The molecule has 0 radical (unpaired) electrons. The second-order valence-electron chi connectivity index (χ2n) is 7.08. The summed E-state index contributed by atoms with van der Waals surface area (Å²) in [6, 6.07) is 10.0.